The zero-order valence-electron chi connectivity index (χ0n) is 51.3. The van der Waals surface area contributed by atoms with Crippen LogP contribution in [0.5, 0.6) is 0 Å². The molecule has 35 unspecified atom stereocenters. The first-order chi connectivity index (χ1) is 41.1. The number of ether oxygens (including phenoxy) is 10. The summed E-state index contributed by atoms with van der Waals surface area (Å²) in [5.41, 5.74) is -2.51. The van der Waals surface area contributed by atoms with Crippen molar-refractivity contribution in [3.05, 3.63) is 11.6 Å². The first-order valence-electron chi connectivity index (χ1n) is 31.4. The Labute approximate surface area is 511 Å². The summed E-state index contributed by atoms with van der Waals surface area (Å²) in [5, 5.41) is 196. The fraction of sp³-hybridized carbons (Fsp3) is 0.967. The Bertz CT molecular complexity index is 2400. The van der Waals surface area contributed by atoms with Gasteiger partial charge >= 0.3 is 0 Å². The van der Waals surface area contributed by atoms with E-state index in [9.17, 15) is 91.9 Å². The molecule has 35 atom stereocenters. The van der Waals surface area contributed by atoms with E-state index in [0.29, 0.717) is 38.5 Å². The van der Waals surface area contributed by atoms with Gasteiger partial charge in [-0.3, -0.25) is 0 Å². The van der Waals surface area contributed by atoms with Gasteiger partial charge in [0.25, 0.3) is 0 Å². The molecule has 18 N–H and O–H groups in total. The number of aliphatic hydroxyl groups excluding tert-OH is 18. The third-order valence-electron chi connectivity index (χ3n) is 23.8. The highest BCUT2D eigenvalue weighted by atomic mass is 16.8. The number of hydrogen-bond acceptors (Lipinski definition) is 28. The van der Waals surface area contributed by atoms with Crippen molar-refractivity contribution in [3.63, 3.8) is 0 Å². The molecule has 0 spiro atoms. The number of allylic oxidation sites excluding steroid dienone is 2. The normalized spacial score (nSPS) is 55.3. The van der Waals surface area contributed by atoms with E-state index in [4.69, 9.17) is 47.4 Å². The van der Waals surface area contributed by atoms with Gasteiger partial charge in [-0.25, -0.2) is 0 Å². The largest absolute Gasteiger partial charge is 0.394 e. The van der Waals surface area contributed by atoms with Crippen molar-refractivity contribution in [2.24, 2.45) is 50.2 Å². The van der Waals surface area contributed by atoms with Gasteiger partial charge in [-0.15, -0.1) is 0 Å². The predicted molar refractivity (Wildman–Crippen MR) is 297 cm³/mol. The second kappa shape index (κ2) is 25.6. The van der Waals surface area contributed by atoms with Gasteiger partial charge in [0.1, 0.15) is 116 Å². The Morgan fingerprint density at radius 2 is 0.955 bits per heavy atom. The molecule has 28 nitrogen and oxygen atoms in total. The molecule has 0 aromatic rings. The minimum atomic E-state index is -1.91. The van der Waals surface area contributed by atoms with Crippen LogP contribution in [-0.2, 0) is 47.4 Å². The second-order valence-electron chi connectivity index (χ2n) is 29.3. The monoisotopic (exact) mass is 1270 g/mol. The van der Waals surface area contributed by atoms with E-state index < -0.39 is 226 Å². The highest BCUT2D eigenvalue weighted by Crippen LogP contribution is 2.76. The van der Waals surface area contributed by atoms with Crippen molar-refractivity contribution in [2.45, 2.75) is 279 Å². The van der Waals surface area contributed by atoms with Gasteiger partial charge in [-0.1, -0.05) is 60.1 Å². The van der Waals surface area contributed by atoms with Crippen LogP contribution < -0.4 is 0 Å². The predicted octanol–water partition coefficient (Wildman–Crippen LogP) is -4.77. The van der Waals surface area contributed by atoms with E-state index >= 15 is 0 Å². The lowest BCUT2D eigenvalue weighted by molar-refractivity contribution is -0.374. The van der Waals surface area contributed by atoms with Gasteiger partial charge in [0.05, 0.1) is 57.5 Å². The molecule has 10 rings (SSSR count). The van der Waals surface area contributed by atoms with Gasteiger partial charge < -0.3 is 139 Å². The molecule has 0 radical (unpaired) electrons. The number of rotatable bonds is 15. The minimum Gasteiger partial charge on any atom is -0.394 e. The lowest BCUT2D eigenvalue weighted by Crippen LogP contribution is -2.69. The summed E-state index contributed by atoms with van der Waals surface area (Å²) in [6.07, 6.45) is -36.5. The van der Waals surface area contributed by atoms with Crippen molar-refractivity contribution >= 4 is 0 Å². The van der Waals surface area contributed by atoms with E-state index in [1.165, 1.54) is 6.92 Å². The molecular weight excluding hydrogens is 1170 g/mol. The summed E-state index contributed by atoms with van der Waals surface area (Å²) in [5.74, 6) is -0.207. The molecule has 0 aromatic heterocycles. The van der Waals surface area contributed by atoms with Crippen molar-refractivity contribution in [1.29, 1.82) is 0 Å². The molecule has 28 heteroatoms. The maximum atomic E-state index is 12.7. The Morgan fingerprint density at radius 1 is 0.466 bits per heavy atom. The van der Waals surface area contributed by atoms with Gasteiger partial charge in [0, 0.05) is 5.41 Å². The van der Waals surface area contributed by atoms with Crippen molar-refractivity contribution in [3.8, 4) is 0 Å². The molecule has 0 aromatic carbocycles. The average Bonchev–Trinajstić information content (AvgIpc) is 0.755. The summed E-state index contributed by atoms with van der Waals surface area (Å²) in [4.78, 5) is 0. The third kappa shape index (κ3) is 11.5. The van der Waals surface area contributed by atoms with Gasteiger partial charge in [0.15, 0.2) is 31.5 Å². The summed E-state index contributed by atoms with van der Waals surface area (Å²) in [7, 11) is 0. The molecule has 5 saturated heterocycles. The molecule has 508 valence electrons. The van der Waals surface area contributed by atoms with Crippen molar-refractivity contribution < 1.29 is 139 Å². The van der Waals surface area contributed by atoms with Crippen LogP contribution in [0.4, 0.5) is 0 Å². The highest BCUT2D eigenvalue weighted by Gasteiger charge is 2.71. The van der Waals surface area contributed by atoms with Crippen LogP contribution in [0.2, 0.25) is 0 Å². The molecule has 4 saturated carbocycles. The minimum absolute atomic E-state index is 0.0706. The van der Waals surface area contributed by atoms with Gasteiger partial charge in [-0.05, 0) is 103 Å². The van der Waals surface area contributed by atoms with Crippen LogP contribution in [0.25, 0.3) is 0 Å². The molecule has 5 aliphatic heterocycles. The molecule has 5 aliphatic carbocycles. The number of hydrogen-bond donors (Lipinski definition) is 18. The second-order valence-corrected chi connectivity index (χ2v) is 29.3. The topological polar surface area (TPSA) is 456 Å². The smallest absolute Gasteiger partial charge is 0.187 e. The zero-order chi connectivity index (χ0) is 64.4. The van der Waals surface area contributed by atoms with E-state index in [1.54, 1.807) is 0 Å². The van der Waals surface area contributed by atoms with Crippen LogP contribution in [0.1, 0.15) is 107 Å². The molecule has 5 heterocycles. The first-order valence-corrected chi connectivity index (χ1v) is 31.4. The molecule has 0 amide bonds. The quantitative estimate of drug-likeness (QED) is 0.0541. The molecular formula is C60H100O28. The SMILES string of the molecule is CC1OC(OC2C(OCC34CCC5(C)C(=CCC6C7(C)CCC(OC8OC(COC9OC(CO)C(O)C(O)C9O)C(O)C(O)C8O)C(C)(C)C7CCC65C)C3CC(C)(C)C(O)C4O)OC(COC3OC(CO)C(O)C(O)C3O)C(O)C2O)C(O)C(O)C1O. The van der Waals surface area contributed by atoms with Crippen LogP contribution in [-0.4, -0.2) is 297 Å². The Balaban J connectivity index is 0.885. The van der Waals surface area contributed by atoms with Crippen LogP contribution >= 0.6 is 0 Å². The summed E-state index contributed by atoms with van der Waals surface area (Å²) in [6.45, 7) is 13.7. The fourth-order valence-electron chi connectivity index (χ4n) is 18.0. The van der Waals surface area contributed by atoms with Crippen LogP contribution in [0.3, 0.4) is 0 Å². The van der Waals surface area contributed by atoms with Crippen molar-refractivity contribution in [1.82, 2.24) is 0 Å². The fourth-order valence-corrected chi connectivity index (χ4v) is 18.0. The van der Waals surface area contributed by atoms with E-state index in [1.807, 2.05) is 13.8 Å². The lowest BCUT2D eigenvalue weighted by atomic mass is 9.33. The summed E-state index contributed by atoms with van der Waals surface area (Å²) < 4.78 is 60.2. The van der Waals surface area contributed by atoms with E-state index in [0.717, 1.165) is 18.4 Å². The Kier molecular flexibility index (Phi) is 20.2. The lowest BCUT2D eigenvalue weighted by Gasteiger charge is -2.72. The number of fused-ring (bicyclic) bond motifs is 7. The highest BCUT2D eigenvalue weighted by molar-refractivity contribution is 5.35. The van der Waals surface area contributed by atoms with Crippen molar-refractivity contribution in [2.75, 3.05) is 33.0 Å². The van der Waals surface area contributed by atoms with Crippen LogP contribution in [0, 0.1) is 50.2 Å². The van der Waals surface area contributed by atoms with Gasteiger partial charge in [0.2, 0.25) is 0 Å². The maximum Gasteiger partial charge on any atom is 0.187 e. The third-order valence-corrected chi connectivity index (χ3v) is 23.8. The standard InChI is InChI=1S/C60H100O28/c1-23-33(63)38(68)45(75)52(82-23)88-47-42(72)37(67)29(21-80-51-44(74)40(70)35(65)27(19-62)84-51)86-54(47)81-22-60-16-15-58(7)24(25(60)17-55(2,3)48(77)49(60)78)9-10-31-57(6)13-12-32(56(4,5)30(57)11-14-59(31,58)8)87-53-46(76)41(71)36(66)28(85-53)20-79-50-43(73)39(69)34(64)26(18-61)83-50/h9,23,25-54,61-78H,10-22H2,1-8H3. The van der Waals surface area contributed by atoms with E-state index in [-0.39, 0.29) is 29.3 Å². The first kappa shape index (κ1) is 69.4. The molecule has 10 aliphatic rings. The van der Waals surface area contributed by atoms with E-state index in [2.05, 4.69) is 40.7 Å². The Hall–Kier alpha value is -1.38. The Morgan fingerprint density at radius 3 is 1.51 bits per heavy atom. The summed E-state index contributed by atoms with van der Waals surface area (Å²) in [6, 6.07) is 0. The zero-order valence-corrected chi connectivity index (χ0v) is 51.3. The number of aliphatic hydroxyl groups is 18. The van der Waals surface area contributed by atoms with Gasteiger partial charge in [-0.2, -0.15) is 0 Å². The average molecular weight is 1270 g/mol. The van der Waals surface area contributed by atoms with Crippen LogP contribution in [0.15, 0.2) is 11.6 Å². The summed E-state index contributed by atoms with van der Waals surface area (Å²) >= 11 is 0. The molecule has 9 fully saturated rings. The maximum absolute atomic E-state index is 12.7. The molecule has 88 heavy (non-hydrogen) atoms. The molecule has 0 bridgehead atoms.